The average Bonchev–Trinajstić information content (AvgIpc) is 2.91. The molecule has 0 radical (unpaired) electrons. The van der Waals surface area contributed by atoms with Gasteiger partial charge in [0.15, 0.2) is 51.8 Å². The summed E-state index contributed by atoms with van der Waals surface area (Å²) in [5.74, 6) is -1.32. The maximum atomic E-state index is 10.7. The smallest absolute Gasteiger partial charge is 0.159 e. The first-order chi connectivity index (χ1) is 19.5. The van der Waals surface area contributed by atoms with Gasteiger partial charge in [-0.05, 0) is 78.1 Å². The van der Waals surface area contributed by atoms with Crippen molar-refractivity contribution >= 4 is 17.4 Å². The molecule has 0 aromatic heterocycles. The molecule has 4 rings (SSSR count). The third-order valence-electron chi connectivity index (χ3n) is 5.44. The number of carbonyl (C=O) groups is 1. The Morgan fingerprint density at radius 3 is 1.43 bits per heavy atom. The molecule has 226 valence electrons. The molecule has 0 unspecified atom stereocenters. The van der Waals surface area contributed by atoms with Gasteiger partial charge in [-0.25, -0.2) is 0 Å². The summed E-state index contributed by atoms with van der Waals surface area (Å²) in [5, 5.41) is 71.8. The van der Waals surface area contributed by atoms with Gasteiger partial charge in [-0.2, -0.15) is 0 Å². The van der Waals surface area contributed by atoms with E-state index in [-0.39, 0.29) is 57.2 Å². The number of nitrogens with two attached hydrogens (primary N) is 1. The van der Waals surface area contributed by atoms with Crippen LogP contribution in [0.4, 0.5) is 0 Å². The Kier molecular flexibility index (Phi) is 13.3. The fourth-order valence-electron chi connectivity index (χ4n) is 2.92. The Morgan fingerprint density at radius 1 is 0.619 bits per heavy atom. The SMILES string of the molecule is CC(=O)c1ccc(O)c(O)c1.CC(C)(C)c1ccc(O)c(O)c1.NCc1ccc(O)c(O)c1.Oc1ccc(Cl)cc1O. The van der Waals surface area contributed by atoms with Gasteiger partial charge in [-0.15, -0.1) is 0 Å². The van der Waals surface area contributed by atoms with Crippen LogP contribution in [0, 0.1) is 0 Å². The Labute approximate surface area is 248 Å². The second-order valence-corrected chi connectivity index (χ2v) is 10.3. The molecule has 0 amide bonds. The Balaban J connectivity index is 0.000000281. The van der Waals surface area contributed by atoms with Gasteiger partial charge < -0.3 is 46.6 Å². The number of Topliss-reactive ketones (excluding diaryl/α,β-unsaturated/α-hetero) is 1. The standard InChI is InChI=1S/C10H14O2.C8H8O3.C7H9NO2.C6H5ClO2/c1-10(2,3)7-4-5-8(11)9(12)6-7;1-5(9)6-2-3-7(10)8(11)4-6;8-4-5-1-2-6(9)7(10)3-5;7-4-1-2-5(8)6(9)3-4/h4-6,11-12H,1-3H3;2-4,10-11H,1H3;1-3,9-10H,4,8H2;1-3,8-9H. The molecule has 11 heteroatoms. The van der Waals surface area contributed by atoms with Crippen LogP contribution in [0.2, 0.25) is 5.02 Å². The van der Waals surface area contributed by atoms with Crippen molar-refractivity contribution in [2.75, 3.05) is 0 Å². The lowest BCUT2D eigenvalue weighted by molar-refractivity contribution is 0.101. The summed E-state index contributed by atoms with van der Waals surface area (Å²) in [6.07, 6.45) is 0. The van der Waals surface area contributed by atoms with Crippen LogP contribution in [0.3, 0.4) is 0 Å². The molecule has 42 heavy (non-hydrogen) atoms. The highest BCUT2D eigenvalue weighted by molar-refractivity contribution is 6.30. The molecule has 4 aromatic carbocycles. The molecule has 4 aromatic rings. The van der Waals surface area contributed by atoms with Crippen LogP contribution in [0.1, 0.15) is 49.2 Å². The van der Waals surface area contributed by atoms with E-state index in [4.69, 9.17) is 53.1 Å². The molecule has 10 nitrogen and oxygen atoms in total. The quantitative estimate of drug-likeness (QED) is 0.0966. The van der Waals surface area contributed by atoms with E-state index in [9.17, 15) is 9.90 Å². The van der Waals surface area contributed by atoms with E-state index >= 15 is 0 Å². The monoisotopic (exact) mass is 601 g/mol. The fourth-order valence-corrected chi connectivity index (χ4v) is 3.09. The van der Waals surface area contributed by atoms with Crippen LogP contribution >= 0.6 is 11.6 Å². The largest absolute Gasteiger partial charge is 0.504 e. The predicted molar refractivity (Wildman–Crippen MR) is 161 cm³/mol. The van der Waals surface area contributed by atoms with E-state index in [1.54, 1.807) is 12.1 Å². The van der Waals surface area contributed by atoms with Crippen molar-refractivity contribution in [2.24, 2.45) is 5.73 Å². The minimum Gasteiger partial charge on any atom is -0.504 e. The molecule has 0 aliphatic rings. The highest BCUT2D eigenvalue weighted by Crippen LogP contribution is 2.31. The lowest BCUT2D eigenvalue weighted by atomic mass is 9.87. The topological polar surface area (TPSA) is 205 Å². The summed E-state index contributed by atoms with van der Waals surface area (Å²) in [5.41, 5.74) is 7.48. The first-order valence-electron chi connectivity index (χ1n) is 12.4. The van der Waals surface area contributed by atoms with E-state index in [1.807, 2.05) is 6.07 Å². The molecular weight excluding hydrogens is 566 g/mol. The third-order valence-corrected chi connectivity index (χ3v) is 5.67. The van der Waals surface area contributed by atoms with Gasteiger partial charge in [0.2, 0.25) is 0 Å². The van der Waals surface area contributed by atoms with E-state index in [2.05, 4.69) is 20.8 Å². The number of ketones is 1. The van der Waals surface area contributed by atoms with E-state index < -0.39 is 0 Å². The first kappa shape index (κ1) is 35.2. The Bertz CT molecular complexity index is 1480. The fraction of sp³-hybridized carbons (Fsp3) is 0.194. The molecular formula is C31H36ClNO9. The predicted octanol–water partition coefficient (Wildman–Crippen LogP) is 6.00. The van der Waals surface area contributed by atoms with Crippen molar-refractivity contribution < 1.29 is 45.6 Å². The van der Waals surface area contributed by atoms with Crippen molar-refractivity contribution in [3.8, 4) is 46.0 Å². The van der Waals surface area contributed by atoms with Gasteiger partial charge in [-0.3, -0.25) is 4.79 Å². The summed E-state index contributed by atoms with van der Waals surface area (Å²) >= 11 is 5.45. The Hall–Kier alpha value is -4.80. The molecule has 0 bridgehead atoms. The van der Waals surface area contributed by atoms with Crippen LogP contribution in [0.25, 0.3) is 0 Å². The minimum absolute atomic E-state index is 0.00514. The number of phenols is 8. The molecule has 10 N–H and O–H groups in total. The van der Waals surface area contributed by atoms with Crippen LogP contribution in [-0.4, -0.2) is 46.6 Å². The van der Waals surface area contributed by atoms with Crippen LogP contribution in [0.15, 0.2) is 72.8 Å². The van der Waals surface area contributed by atoms with Gasteiger partial charge in [0, 0.05) is 23.2 Å². The summed E-state index contributed by atoms with van der Waals surface area (Å²) in [4.78, 5) is 10.7. The molecule has 0 aliphatic heterocycles. The minimum atomic E-state index is -0.266. The maximum Gasteiger partial charge on any atom is 0.159 e. The first-order valence-corrected chi connectivity index (χ1v) is 12.8. The lowest BCUT2D eigenvalue weighted by Gasteiger charge is -2.19. The number of phenolic OH excluding ortho intramolecular Hbond substituents is 8. The molecule has 0 atom stereocenters. The Morgan fingerprint density at radius 2 is 1.05 bits per heavy atom. The number of carbonyl (C=O) groups excluding carboxylic acids is 1. The van der Waals surface area contributed by atoms with Gasteiger partial charge in [0.25, 0.3) is 0 Å². The number of aromatic hydroxyl groups is 8. The number of rotatable bonds is 2. The van der Waals surface area contributed by atoms with Crippen LogP contribution in [0.5, 0.6) is 46.0 Å². The number of benzene rings is 4. The summed E-state index contributed by atoms with van der Waals surface area (Å²) in [7, 11) is 0. The number of hydrogen-bond donors (Lipinski definition) is 9. The van der Waals surface area contributed by atoms with Crippen molar-refractivity contribution in [3.05, 3.63) is 94.5 Å². The van der Waals surface area contributed by atoms with Crippen molar-refractivity contribution in [2.45, 2.75) is 39.7 Å². The van der Waals surface area contributed by atoms with Crippen molar-refractivity contribution in [3.63, 3.8) is 0 Å². The molecule has 0 saturated carbocycles. The van der Waals surface area contributed by atoms with Gasteiger partial charge >= 0.3 is 0 Å². The second-order valence-electron chi connectivity index (χ2n) is 9.87. The van der Waals surface area contributed by atoms with Gasteiger partial charge in [-0.1, -0.05) is 44.5 Å². The zero-order valence-electron chi connectivity index (χ0n) is 23.6. The second kappa shape index (κ2) is 15.8. The zero-order chi connectivity index (χ0) is 32.2. The van der Waals surface area contributed by atoms with Gasteiger partial charge in [0.1, 0.15) is 0 Å². The maximum absolute atomic E-state index is 10.7. The zero-order valence-corrected chi connectivity index (χ0v) is 24.3. The van der Waals surface area contributed by atoms with E-state index in [1.165, 1.54) is 61.5 Å². The van der Waals surface area contributed by atoms with E-state index in [0.717, 1.165) is 11.1 Å². The summed E-state index contributed by atoms with van der Waals surface area (Å²) < 4.78 is 0. The average molecular weight is 602 g/mol. The van der Waals surface area contributed by atoms with E-state index in [0.29, 0.717) is 17.1 Å². The molecule has 0 fully saturated rings. The highest BCUT2D eigenvalue weighted by atomic mass is 35.5. The molecule has 0 spiro atoms. The molecule has 0 saturated heterocycles. The molecule has 0 aliphatic carbocycles. The normalized spacial score (nSPS) is 10.1. The van der Waals surface area contributed by atoms with Crippen LogP contribution < -0.4 is 5.73 Å². The van der Waals surface area contributed by atoms with Crippen LogP contribution in [-0.2, 0) is 12.0 Å². The highest BCUT2D eigenvalue weighted by Gasteiger charge is 2.14. The summed E-state index contributed by atoms with van der Waals surface area (Å²) in [6.45, 7) is 7.93. The third kappa shape index (κ3) is 11.7. The number of halogens is 1. The summed E-state index contributed by atoms with van der Waals surface area (Å²) in [6, 6.07) is 17.5. The molecule has 0 heterocycles. The number of hydrogen-bond acceptors (Lipinski definition) is 10. The van der Waals surface area contributed by atoms with Gasteiger partial charge in [0.05, 0.1) is 0 Å². The van der Waals surface area contributed by atoms with Crippen molar-refractivity contribution in [1.82, 2.24) is 0 Å². The lowest BCUT2D eigenvalue weighted by Crippen LogP contribution is -2.10. The van der Waals surface area contributed by atoms with Crippen molar-refractivity contribution in [1.29, 1.82) is 0 Å².